The van der Waals surface area contributed by atoms with Crippen molar-refractivity contribution in [2.75, 3.05) is 7.05 Å². The standard InChI is InChI=1S/C5H8Cl2N2O3/c1-3(10)4(11)9(7)5(12)8(2)6/h3,10H,1-2H3. The molecular formula is C5H8Cl2N2O3. The number of hydrogen-bond donors (Lipinski definition) is 1. The Bertz CT molecular complexity index is 175. The molecule has 0 radical (unpaired) electrons. The van der Waals surface area contributed by atoms with Crippen LogP contribution < -0.4 is 0 Å². The molecule has 0 aliphatic carbocycles. The van der Waals surface area contributed by atoms with Gasteiger partial charge in [-0.3, -0.25) is 4.79 Å². The van der Waals surface area contributed by atoms with Gasteiger partial charge >= 0.3 is 6.03 Å². The van der Waals surface area contributed by atoms with Crippen LogP contribution in [0.25, 0.3) is 0 Å². The van der Waals surface area contributed by atoms with Gasteiger partial charge in [0.1, 0.15) is 6.10 Å². The maximum Gasteiger partial charge on any atom is 0.356 e. The number of urea groups is 1. The Morgan fingerprint density at radius 3 is 2.08 bits per heavy atom. The first-order valence-electron chi connectivity index (χ1n) is 2.99. The number of carbonyl (C=O) groups excluding carboxylic acids is 2. The van der Waals surface area contributed by atoms with Crippen LogP contribution in [-0.2, 0) is 4.79 Å². The number of rotatable bonds is 1. The molecule has 0 rings (SSSR count). The van der Waals surface area contributed by atoms with E-state index < -0.39 is 18.0 Å². The lowest BCUT2D eigenvalue weighted by Gasteiger charge is -2.16. The quantitative estimate of drug-likeness (QED) is 0.650. The molecular weight excluding hydrogens is 207 g/mol. The smallest absolute Gasteiger partial charge is 0.356 e. The van der Waals surface area contributed by atoms with Crippen molar-refractivity contribution in [3.63, 3.8) is 0 Å². The lowest BCUT2D eigenvalue weighted by Crippen LogP contribution is -2.39. The Kier molecular flexibility index (Phi) is 4.30. The average molecular weight is 215 g/mol. The van der Waals surface area contributed by atoms with Crippen molar-refractivity contribution in [3.05, 3.63) is 0 Å². The minimum absolute atomic E-state index is 0.220. The van der Waals surface area contributed by atoms with E-state index in [9.17, 15) is 9.59 Å². The number of aliphatic hydroxyl groups excluding tert-OH is 1. The highest BCUT2D eigenvalue weighted by Gasteiger charge is 2.25. The van der Waals surface area contributed by atoms with Crippen LogP contribution in [0.4, 0.5) is 4.79 Å². The van der Waals surface area contributed by atoms with Gasteiger partial charge in [0.25, 0.3) is 5.91 Å². The van der Waals surface area contributed by atoms with E-state index >= 15 is 0 Å². The molecule has 0 aliphatic rings. The van der Waals surface area contributed by atoms with E-state index in [4.69, 9.17) is 28.7 Å². The van der Waals surface area contributed by atoms with Gasteiger partial charge in [-0.1, -0.05) is 0 Å². The minimum atomic E-state index is -1.33. The Balaban J connectivity index is 4.30. The molecule has 70 valence electrons. The second kappa shape index (κ2) is 4.49. The molecule has 0 aromatic heterocycles. The lowest BCUT2D eigenvalue weighted by atomic mass is 10.4. The number of halogens is 2. The summed E-state index contributed by atoms with van der Waals surface area (Å²) in [5.41, 5.74) is 0. The second-order valence-corrected chi connectivity index (χ2v) is 2.90. The van der Waals surface area contributed by atoms with Crippen LogP contribution in [-0.4, -0.2) is 39.0 Å². The van der Waals surface area contributed by atoms with Crippen molar-refractivity contribution in [2.24, 2.45) is 0 Å². The summed E-state index contributed by atoms with van der Waals surface area (Å²) in [6, 6.07) is -0.913. The van der Waals surface area contributed by atoms with Crippen molar-refractivity contribution in [3.8, 4) is 0 Å². The molecule has 5 nitrogen and oxygen atoms in total. The summed E-state index contributed by atoms with van der Waals surface area (Å²) in [6.07, 6.45) is -1.33. The van der Waals surface area contributed by atoms with Gasteiger partial charge in [-0.15, -0.1) is 0 Å². The summed E-state index contributed by atoms with van der Waals surface area (Å²) < 4.78 is 0.824. The van der Waals surface area contributed by atoms with Gasteiger partial charge in [0.15, 0.2) is 0 Å². The fourth-order valence-electron chi connectivity index (χ4n) is 0.379. The van der Waals surface area contributed by atoms with E-state index in [-0.39, 0.29) is 4.42 Å². The maximum absolute atomic E-state index is 10.8. The van der Waals surface area contributed by atoms with E-state index in [0.717, 1.165) is 0 Å². The number of nitrogens with zero attached hydrogens (tertiary/aromatic N) is 2. The summed E-state index contributed by atoms with van der Waals surface area (Å²) in [6.45, 7) is 1.19. The highest BCUT2D eigenvalue weighted by molar-refractivity contribution is 6.33. The third-order valence-corrected chi connectivity index (χ3v) is 1.44. The fraction of sp³-hybridized carbons (Fsp3) is 0.600. The van der Waals surface area contributed by atoms with E-state index in [1.54, 1.807) is 0 Å². The monoisotopic (exact) mass is 214 g/mol. The van der Waals surface area contributed by atoms with Gasteiger partial charge < -0.3 is 5.11 Å². The van der Waals surface area contributed by atoms with Crippen LogP contribution in [0.2, 0.25) is 0 Å². The molecule has 1 unspecified atom stereocenters. The topological polar surface area (TPSA) is 60.9 Å². The number of imide groups is 1. The Morgan fingerprint density at radius 1 is 1.42 bits per heavy atom. The molecule has 12 heavy (non-hydrogen) atoms. The van der Waals surface area contributed by atoms with Gasteiger partial charge in [-0.05, 0) is 6.92 Å². The molecule has 0 saturated heterocycles. The molecule has 0 heterocycles. The summed E-state index contributed by atoms with van der Waals surface area (Å²) in [5, 5.41) is 8.73. The highest BCUT2D eigenvalue weighted by Crippen LogP contribution is 2.05. The molecule has 0 aromatic rings. The van der Waals surface area contributed by atoms with Gasteiger partial charge in [-0.2, -0.15) is 4.42 Å². The second-order valence-electron chi connectivity index (χ2n) is 2.05. The van der Waals surface area contributed by atoms with Gasteiger partial charge in [0, 0.05) is 30.6 Å². The third kappa shape index (κ3) is 2.84. The summed E-state index contributed by atoms with van der Waals surface area (Å²) >= 11 is 10.4. The largest absolute Gasteiger partial charge is 0.383 e. The predicted octanol–water partition coefficient (Wildman–Crippen LogP) is 0.555. The van der Waals surface area contributed by atoms with E-state index in [1.807, 2.05) is 0 Å². The van der Waals surface area contributed by atoms with Crippen molar-refractivity contribution in [2.45, 2.75) is 13.0 Å². The zero-order valence-electron chi connectivity index (χ0n) is 6.49. The molecule has 3 amide bonds. The first-order valence-corrected chi connectivity index (χ1v) is 3.66. The van der Waals surface area contributed by atoms with Crippen LogP contribution in [0.15, 0.2) is 0 Å². The Hall–Kier alpha value is -0.520. The summed E-state index contributed by atoms with van der Waals surface area (Å²) in [5.74, 6) is -0.922. The molecule has 1 atom stereocenters. The number of aliphatic hydroxyl groups is 1. The van der Waals surface area contributed by atoms with Crippen LogP contribution in [0.3, 0.4) is 0 Å². The minimum Gasteiger partial charge on any atom is -0.383 e. The third-order valence-electron chi connectivity index (χ3n) is 0.982. The van der Waals surface area contributed by atoms with Crippen molar-refractivity contribution >= 4 is 35.5 Å². The van der Waals surface area contributed by atoms with Gasteiger partial charge in [0.05, 0.1) is 0 Å². The van der Waals surface area contributed by atoms with E-state index in [2.05, 4.69) is 0 Å². The highest BCUT2D eigenvalue weighted by atomic mass is 35.5. The van der Waals surface area contributed by atoms with Crippen LogP contribution >= 0.6 is 23.6 Å². The predicted molar refractivity (Wildman–Crippen MR) is 43.4 cm³/mol. The number of carbonyl (C=O) groups is 2. The fourth-order valence-corrected chi connectivity index (χ4v) is 0.748. The van der Waals surface area contributed by atoms with Crippen molar-refractivity contribution in [1.29, 1.82) is 0 Å². The van der Waals surface area contributed by atoms with Crippen LogP contribution in [0, 0.1) is 0 Å². The number of hydrogen-bond acceptors (Lipinski definition) is 3. The Labute approximate surface area is 79.7 Å². The van der Waals surface area contributed by atoms with E-state index in [1.165, 1.54) is 14.0 Å². The molecule has 0 saturated carbocycles. The van der Waals surface area contributed by atoms with Crippen molar-refractivity contribution < 1.29 is 14.7 Å². The zero-order chi connectivity index (χ0) is 9.89. The molecule has 0 aromatic carbocycles. The first kappa shape index (κ1) is 11.5. The lowest BCUT2D eigenvalue weighted by molar-refractivity contribution is -0.132. The molecule has 0 fully saturated rings. The van der Waals surface area contributed by atoms with Gasteiger partial charge in [0.2, 0.25) is 0 Å². The summed E-state index contributed by atoms with van der Waals surface area (Å²) in [7, 11) is 1.22. The van der Waals surface area contributed by atoms with E-state index in [0.29, 0.717) is 4.42 Å². The molecule has 0 spiro atoms. The molecule has 0 bridgehead atoms. The first-order chi connectivity index (χ1) is 5.37. The Morgan fingerprint density at radius 2 is 1.83 bits per heavy atom. The maximum atomic E-state index is 10.8. The summed E-state index contributed by atoms with van der Waals surface area (Å²) in [4.78, 5) is 21.7. The van der Waals surface area contributed by atoms with Crippen LogP contribution in [0.5, 0.6) is 0 Å². The molecule has 7 heteroatoms. The molecule has 1 N–H and O–H groups in total. The molecule has 0 aliphatic heterocycles. The number of amides is 3. The van der Waals surface area contributed by atoms with Gasteiger partial charge in [-0.25, -0.2) is 9.21 Å². The SMILES string of the molecule is CC(O)C(=O)N(Cl)C(=O)N(C)Cl. The van der Waals surface area contributed by atoms with Crippen molar-refractivity contribution in [1.82, 2.24) is 8.84 Å². The van der Waals surface area contributed by atoms with Crippen LogP contribution in [0.1, 0.15) is 6.92 Å². The zero-order valence-corrected chi connectivity index (χ0v) is 8.00. The average Bonchev–Trinajstić information content (AvgIpc) is 2.00. The normalized spacial score (nSPS) is 12.1.